The Labute approximate surface area is 545 Å². The summed E-state index contributed by atoms with van der Waals surface area (Å²) in [7, 11) is 14.9. The quantitative estimate of drug-likeness (QED) is 0.159. The number of hydrogen-bond donors (Lipinski definition) is 2. The zero-order valence-electron chi connectivity index (χ0n) is 59.2. The minimum atomic E-state index is -1.79. The molecule has 0 spiro atoms. The smallest absolute Gasteiger partial charge is 0.319 e. The number of likely N-dealkylation sites (tertiary alicyclic amines) is 1. The molecule has 520 valence electrons. The summed E-state index contributed by atoms with van der Waals surface area (Å²) in [4.78, 5) is 86.0. The fraction of sp³-hybridized carbons (Fsp3) is 0.882. The number of aliphatic hydroxyl groups excluding tert-OH is 2. The molecule has 23 nitrogen and oxygen atoms in total. The lowest BCUT2D eigenvalue weighted by molar-refractivity contribution is -0.296. The molecule has 6 saturated heterocycles. The van der Waals surface area contributed by atoms with Crippen LogP contribution >= 0.6 is 0 Å². The molecule has 23 heteroatoms. The largest absolute Gasteiger partial charge is 0.463 e. The second kappa shape index (κ2) is 31.6. The Morgan fingerprint density at radius 1 is 0.681 bits per heavy atom. The number of nitrogens with zero attached hydrogens (tertiary/aromatic N) is 9. The molecule has 1 aromatic heterocycles. The van der Waals surface area contributed by atoms with Crippen LogP contribution in [0.1, 0.15) is 128 Å². The van der Waals surface area contributed by atoms with Crippen molar-refractivity contribution in [2.24, 2.45) is 40.4 Å². The molecule has 91 heavy (non-hydrogen) atoms. The van der Waals surface area contributed by atoms with Crippen molar-refractivity contribution in [1.29, 1.82) is 0 Å². The lowest BCUT2D eigenvalue weighted by Crippen LogP contribution is -2.60. The van der Waals surface area contributed by atoms with E-state index in [1.165, 1.54) is 0 Å². The maximum atomic E-state index is 16.4. The van der Waals surface area contributed by atoms with Crippen molar-refractivity contribution in [1.82, 2.24) is 39.4 Å². The van der Waals surface area contributed by atoms with E-state index in [1.54, 1.807) is 61.4 Å². The van der Waals surface area contributed by atoms with Gasteiger partial charge in [0, 0.05) is 115 Å². The molecule has 6 aliphatic heterocycles. The summed E-state index contributed by atoms with van der Waals surface area (Å²) in [6, 6.07) is 1.14. The SMILES string of the molecule is CO[C@]1(C)C[C@@H](CC[C@@]2(C)C(=O)OC[C@@H](CN3CCN(c4ccncn4)CC3)N(C)C[C@H](C)C[C@@](C)(OC)[C@H](O[C@@H]3O[C@H](C)C[C@H](N(C)C)[C@H]3O)[C@@H](C)C2=O)CN(C)[C@H](CC2CN(C(C)C)C2)COC(=O)C(C)(C)C(=O)[C@H](C)[C@H]1O[C@@H]1O[C@H](C)C[C@H](N(C)C)[C@H]1O. The average Bonchev–Trinajstić information content (AvgIpc) is 1.52. The van der Waals surface area contributed by atoms with Crippen LogP contribution in [0.5, 0.6) is 0 Å². The summed E-state index contributed by atoms with van der Waals surface area (Å²) in [6.45, 7) is 29.2. The highest BCUT2D eigenvalue weighted by Crippen LogP contribution is 2.44. The summed E-state index contributed by atoms with van der Waals surface area (Å²) < 4.78 is 53.2. The van der Waals surface area contributed by atoms with Crippen LogP contribution in [0.3, 0.4) is 0 Å². The minimum absolute atomic E-state index is 0.0140. The van der Waals surface area contributed by atoms with Crippen molar-refractivity contribution in [3.05, 3.63) is 18.6 Å². The monoisotopic (exact) mass is 1290 g/mol. The number of piperazine rings is 1. The first kappa shape index (κ1) is 75.0. The third-order valence-corrected chi connectivity index (χ3v) is 21.9. The number of aromatic nitrogens is 2. The van der Waals surface area contributed by atoms with Crippen LogP contribution in [-0.2, 0) is 57.1 Å². The maximum Gasteiger partial charge on any atom is 0.319 e. The minimum Gasteiger partial charge on any atom is -0.463 e. The summed E-state index contributed by atoms with van der Waals surface area (Å²) in [5.74, 6) is -3.32. The summed E-state index contributed by atoms with van der Waals surface area (Å²) >= 11 is 0. The van der Waals surface area contributed by atoms with Crippen molar-refractivity contribution in [3.63, 3.8) is 0 Å². The summed E-state index contributed by atoms with van der Waals surface area (Å²) in [5, 5.41) is 24.1. The van der Waals surface area contributed by atoms with E-state index < -0.39 is 94.4 Å². The second-order valence-corrected chi connectivity index (χ2v) is 30.4. The fourth-order valence-corrected chi connectivity index (χ4v) is 15.7. The number of carbonyl (C=O) groups is 4. The van der Waals surface area contributed by atoms with Crippen molar-refractivity contribution in [2.75, 3.05) is 134 Å². The fourth-order valence-electron chi connectivity index (χ4n) is 15.7. The maximum absolute atomic E-state index is 16.4. The van der Waals surface area contributed by atoms with Crippen LogP contribution in [-0.4, -0.2) is 292 Å². The first-order chi connectivity index (χ1) is 42.7. The molecule has 2 N–H and O–H groups in total. The number of esters is 2. The van der Waals surface area contributed by atoms with Gasteiger partial charge in [-0.15, -0.1) is 0 Å². The summed E-state index contributed by atoms with van der Waals surface area (Å²) in [6.07, 6.45) is -1.04. The van der Waals surface area contributed by atoms with Gasteiger partial charge in [-0.3, -0.25) is 33.9 Å². The number of Topliss-reactive ketones (excluding diaryl/α,β-unsaturated/α-hetero) is 2. The Hall–Kier alpha value is -3.40. The summed E-state index contributed by atoms with van der Waals surface area (Å²) in [5.41, 5.74) is -5.85. The number of carbonyl (C=O) groups excluding carboxylic acids is 4. The molecule has 0 aromatic carbocycles. The van der Waals surface area contributed by atoms with Crippen molar-refractivity contribution < 1.29 is 67.3 Å². The number of aliphatic hydroxyl groups is 2. The molecule has 0 saturated carbocycles. The number of rotatable bonds is 17. The predicted octanol–water partition coefficient (Wildman–Crippen LogP) is 4.73. The van der Waals surface area contributed by atoms with E-state index >= 15 is 14.4 Å². The molecule has 0 radical (unpaired) electrons. The Morgan fingerprint density at radius 2 is 1.20 bits per heavy atom. The number of cyclic esters (lactones) is 2. The molecule has 1 aromatic rings. The van der Waals surface area contributed by atoms with Crippen molar-refractivity contribution in [2.45, 2.75) is 219 Å². The number of ether oxygens (including phenoxy) is 8. The van der Waals surface area contributed by atoms with Crippen LogP contribution in [0.2, 0.25) is 0 Å². The molecule has 7 heterocycles. The topological polar surface area (TPSA) is 231 Å². The third kappa shape index (κ3) is 17.8. The van der Waals surface area contributed by atoms with E-state index in [4.69, 9.17) is 37.9 Å². The van der Waals surface area contributed by atoms with E-state index in [9.17, 15) is 15.0 Å². The number of methoxy groups -OCH3 is 2. The number of hydrogen-bond acceptors (Lipinski definition) is 23. The molecule has 6 aliphatic rings. The Morgan fingerprint density at radius 3 is 1.71 bits per heavy atom. The van der Waals surface area contributed by atoms with Gasteiger partial charge in [0.25, 0.3) is 0 Å². The Kier molecular flexibility index (Phi) is 26.1. The van der Waals surface area contributed by atoms with Gasteiger partial charge in [0.05, 0.1) is 41.7 Å². The highest BCUT2D eigenvalue weighted by atomic mass is 16.7. The second-order valence-electron chi connectivity index (χ2n) is 30.4. The van der Waals surface area contributed by atoms with Crippen molar-refractivity contribution in [3.8, 4) is 0 Å². The van der Waals surface area contributed by atoms with Gasteiger partial charge in [-0.05, 0) is 173 Å². The van der Waals surface area contributed by atoms with Crippen LogP contribution in [0.25, 0.3) is 0 Å². The van der Waals surface area contributed by atoms with Gasteiger partial charge in [-0.1, -0.05) is 20.8 Å². The zero-order chi connectivity index (χ0) is 67.2. The van der Waals surface area contributed by atoms with Gasteiger partial charge < -0.3 is 67.7 Å². The lowest BCUT2D eigenvalue weighted by Gasteiger charge is -2.48. The van der Waals surface area contributed by atoms with E-state index in [1.807, 2.05) is 78.8 Å². The first-order valence-corrected chi connectivity index (χ1v) is 33.9. The molecule has 19 atom stereocenters. The molecule has 6 fully saturated rings. The number of anilines is 1. The van der Waals surface area contributed by atoms with Gasteiger partial charge in [0.15, 0.2) is 24.1 Å². The van der Waals surface area contributed by atoms with Gasteiger partial charge in [0.2, 0.25) is 0 Å². The standard InChI is InChI=1S/C68H119N9O14/c1-42(2)77-36-49(37-77)31-50-39-86-63(82)65(8,9)57(80)46(6)59(90-61-55(78)52(71(13)14)29-44(4)88-61)68(12,85-20)33-48(35-74(50)18)21-23-66(10)58(81)47(7)60(91-62-56(79)53(72(15)16)30-45(5)89-62)67(11,84-19)32-43(3)34-73(17)51(40-87-64(66)83)38-75-25-27-76(28-26-75)54-22-24-69-41-70-54/h22,24,41-53,55-56,59-62,78-79H,21,23,25-40H2,1-20H3/t43-,44-,45-,46+,47+,48-,50-,51-,52+,53+,55-,56-,59-,60-,61+,62+,66-,67-,68-/m1/s1. The highest BCUT2D eigenvalue weighted by molar-refractivity contribution is 6.05. The molecular formula is C68H119N9O14. The van der Waals surface area contributed by atoms with E-state index in [2.05, 4.69) is 62.3 Å². The van der Waals surface area contributed by atoms with Crippen LogP contribution < -0.4 is 4.90 Å². The molecule has 0 unspecified atom stereocenters. The lowest BCUT2D eigenvalue weighted by atomic mass is 9.69. The zero-order valence-corrected chi connectivity index (χ0v) is 59.2. The van der Waals surface area contributed by atoms with Crippen LogP contribution in [0, 0.1) is 40.4 Å². The van der Waals surface area contributed by atoms with Crippen LogP contribution in [0.4, 0.5) is 5.82 Å². The third-order valence-electron chi connectivity index (χ3n) is 21.9. The molecule has 7 rings (SSSR count). The first-order valence-electron chi connectivity index (χ1n) is 33.9. The molecule has 0 aliphatic carbocycles. The van der Waals surface area contributed by atoms with Gasteiger partial charge in [-0.2, -0.15) is 0 Å². The van der Waals surface area contributed by atoms with E-state index in [0.29, 0.717) is 50.9 Å². The average molecular weight is 1290 g/mol. The van der Waals surface area contributed by atoms with E-state index in [-0.39, 0.29) is 80.7 Å². The molecule has 0 bridgehead atoms. The number of ketones is 2. The number of likely N-dealkylation sites (N-methyl/N-ethyl adjacent to an activating group) is 4. The highest BCUT2D eigenvalue weighted by Gasteiger charge is 2.56. The Balaban J connectivity index is 1.31. The normalized spacial score (nSPS) is 39.3. The van der Waals surface area contributed by atoms with Gasteiger partial charge >= 0.3 is 11.9 Å². The van der Waals surface area contributed by atoms with Crippen molar-refractivity contribution >= 4 is 29.3 Å². The molecular weight excluding hydrogens is 1170 g/mol. The molecule has 0 amide bonds. The Bertz CT molecular complexity index is 2510. The van der Waals surface area contributed by atoms with Gasteiger partial charge in [-0.25, -0.2) is 9.97 Å². The van der Waals surface area contributed by atoms with Gasteiger partial charge in [0.1, 0.15) is 48.4 Å². The predicted molar refractivity (Wildman–Crippen MR) is 347 cm³/mol. The van der Waals surface area contributed by atoms with Crippen LogP contribution in [0.15, 0.2) is 18.6 Å². The van der Waals surface area contributed by atoms with E-state index in [0.717, 1.165) is 51.5 Å².